The molecule has 0 saturated heterocycles. The van der Waals surface area contributed by atoms with Gasteiger partial charge in [0.25, 0.3) is 0 Å². The Hall–Kier alpha value is -3.02. The number of phenolic OH excluding ortho intramolecular Hbond substituents is 1. The fourth-order valence-electron chi connectivity index (χ4n) is 2.53. The summed E-state index contributed by atoms with van der Waals surface area (Å²) >= 11 is 0. The van der Waals surface area contributed by atoms with Gasteiger partial charge in [-0.2, -0.15) is 0 Å². The molecule has 0 aliphatic heterocycles. The number of hydrogen-bond acceptors (Lipinski definition) is 2. The topological polar surface area (TPSA) is 77.2 Å². The summed E-state index contributed by atoms with van der Waals surface area (Å²) in [6.45, 7) is 2.43. The molecule has 0 bridgehead atoms. The van der Waals surface area contributed by atoms with Crippen molar-refractivity contribution < 1.29 is 14.3 Å². The molecule has 0 radical (unpaired) electrons. The van der Waals surface area contributed by atoms with E-state index in [-0.39, 0.29) is 17.6 Å². The first-order chi connectivity index (χ1) is 11.5. The maximum atomic E-state index is 13.2. The number of carbonyl (C=O) groups excluding carboxylic acids is 1. The molecule has 0 unspecified atom stereocenters. The molecular weight excluding hydrogens is 309 g/mol. The van der Waals surface area contributed by atoms with Crippen LogP contribution in [0.4, 0.5) is 9.18 Å². The minimum atomic E-state index is -0.317. The fourth-order valence-corrected chi connectivity index (χ4v) is 2.53. The molecule has 0 atom stereocenters. The van der Waals surface area contributed by atoms with Crippen LogP contribution in [0.5, 0.6) is 5.75 Å². The van der Waals surface area contributed by atoms with Crippen LogP contribution in [0.1, 0.15) is 16.8 Å². The standard InChI is InChI=1S/C18H18FN3O2/c1-11-12(3-2-4-17(11)23)9-20-18(24)21-10-15-8-13-7-14(19)5-6-16(13)22-15/h2-8,22-23H,9-10H2,1H3,(H2,20,21,24). The molecule has 0 aliphatic carbocycles. The number of aromatic nitrogens is 1. The first kappa shape index (κ1) is 15.9. The predicted octanol–water partition coefficient (Wildman–Crippen LogP) is 3.32. The smallest absolute Gasteiger partial charge is 0.315 e. The molecule has 1 heterocycles. The molecule has 0 spiro atoms. The van der Waals surface area contributed by atoms with Crippen LogP contribution >= 0.6 is 0 Å². The average Bonchev–Trinajstić information content (AvgIpc) is 2.96. The Kier molecular flexibility index (Phi) is 4.37. The summed E-state index contributed by atoms with van der Waals surface area (Å²) in [7, 11) is 0. The third-order valence-corrected chi connectivity index (χ3v) is 3.93. The highest BCUT2D eigenvalue weighted by atomic mass is 19.1. The van der Waals surface area contributed by atoms with Crippen molar-refractivity contribution in [1.82, 2.24) is 15.6 Å². The maximum Gasteiger partial charge on any atom is 0.315 e. The van der Waals surface area contributed by atoms with Gasteiger partial charge < -0.3 is 20.7 Å². The van der Waals surface area contributed by atoms with E-state index >= 15 is 0 Å². The van der Waals surface area contributed by atoms with Crippen LogP contribution in [0.3, 0.4) is 0 Å². The van der Waals surface area contributed by atoms with Gasteiger partial charge in [0.05, 0.1) is 6.54 Å². The lowest BCUT2D eigenvalue weighted by Gasteiger charge is -2.10. The quantitative estimate of drug-likeness (QED) is 0.593. The Morgan fingerprint density at radius 3 is 2.79 bits per heavy atom. The van der Waals surface area contributed by atoms with Crippen molar-refractivity contribution in [2.75, 3.05) is 0 Å². The van der Waals surface area contributed by atoms with Crippen LogP contribution in [0.2, 0.25) is 0 Å². The Bertz CT molecular complexity index is 889. The number of benzene rings is 2. The van der Waals surface area contributed by atoms with E-state index in [0.29, 0.717) is 13.1 Å². The van der Waals surface area contributed by atoms with Gasteiger partial charge in [0.15, 0.2) is 0 Å². The summed E-state index contributed by atoms with van der Waals surface area (Å²) in [5.41, 5.74) is 3.21. The lowest BCUT2D eigenvalue weighted by molar-refractivity contribution is 0.240. The number of aromatic amines is 1. The van der Waals surface area contributed by atoms with Crippen molar-refractivity contribution >= 4 is 16.9 Å². The highest BCUT2D eigenvalue weighted by Gasteiger charge is 2.06. The molecule has 3 aromatic rings. The highest BCUT2D eigenvalue weighted by molar-refractivity contribution is 5.80. The van der Waals surface area contributed by atoms with Crippen molar-refractivity contribution in [3.8, 4) is 5.75 Å². The van der Waals surface area contributed by atoms with Gasteiger partial charge in [0.2, 0.25) is 0 Å². The Labute approximate surface area is 138 Å². The van der Waals surface area contributed by atoms with E-state index in [1.54, 1.807) is 31.2 Å². The molecule has 5 nitrogen and oxygen atoms in total. The molecule has 3 rings (SSSR count). The van der Waals surface area contributed by atoms with Gasteiger partial charge in [-0.1, -0.05) is 12.1 Å². The van der Waals surface area contributed by atoms with Gasteiger partial charge in [-0.25, -0.2) is 9.18 Å². The molecule has 24 heavy (non-hydrogen) atoms. The number of urea groups is 1. The largest absolute Gasteiger partial charge is 0.508 e. The lowest BCUT2D eigenvalue weighted by atomic mass is 10.1. The van der Waals surface area contributed by atoms with Crippen molar-refractivity contribution in [3.63, 3.8) is 0 Å². The molecule has 0 saturated carbocycles. The van der Waals surface area contributed by atoms with Crippen molar-refractivity contribution in [2.24, 2.45) is 0 Å². The van der Waals surface area contributed by atoms with E-state index in [9.17, 15) is 14.3 Å². The number of rotatable bonds is 4. The Morgan fingerprint density at radius 2 is 1.96 bits per heavy atom. The first-order valence-electron chi connectivity index (χ1n) is 7.59. The van der Waals surface area contributed by atoms with Crippen LogP contribution in [0.15, 0.2) is 42.5 Å². The van der Waals surface area contributed by atoms with Crippen LogP contribution in [-0.4, -0.2) is 16.1 Å². The second-order valence-electron chi connectivity index (χ2n) is 5.62. The third kappa shape index (κ3) is 3.48. The van der Waals surface area contributed by atoms with E-state index in [4.69, 9.17) is 0 Å². The van der Waals surface area contributed by atoms with Crippen LogP contribution in [0.25, 0.3) is 10.9 Å². The Balaban J connectivity index is 1.55. The van der Waals surface area contributed by atoms with Gasteiger partial charge in [-0.3, -0.25) is 0 Å². The zero-order chi connectivity index (χ0) is 17.1. The average molecular weight is 327 g/mol. The molecule has 2 aromatic carbocycles. The van der Waals surface area contributed by atoms with Gasteiger partial charge in [0, 0.05) is 23.1 Å². The van der Waals surface area contributed by atoms with Crippen molar-refractivity contribution in [3.05, 3.63) is 65.1 Å². The number of carbonyl (C=O) groups is 1. The van der Waals surface area contributed by atoms with E-state index in [1.165, 1.54) is 12.1 Å². The molecule has 2 amide bonds. The minimum absolute atomic E-state index is 0.208. The van der Waals surface area contributed by atoms with E-state index in [1.807, 2.05) is 6.07 Å². The number of fused-ring (bicyclic) bond motifs is 1. The summed E-state index contributed by atoms with van der Waals surface area (Å²) in [4.78, 5) is 15.0. The fraction of sp³-hybridized carbons (Fsp3) is 0.167. The van der Waals surface area contributed by atoms with E-state index in [0.717, 1.165) is 27.7 Å². The Morgan fingerprint density at radius 1 is 1.17 bits per heavy atom. The van der Waals surface area contributed by atoms with E-state index < -0.39 is 0 Å². The summed E-state index contributed by atoms with van der Waals surface area (Å²) in [6.07, 6.45) is 0. The summed E-state index contributed by atoms with van der Waals surface area (Å²) in [5, 5.41) is 15.9. The van der Waals surface area contributed by atoms with Crippen LogP contribution in [-0.2, 0) is 13.1 Å². The summed E-state index contributed by atoms with van der Waals surface area (Å²) < 4.78 is 13.2. The van der Waals surface area contributed by atoms with E-state index in [2.05, 4.69) is 15.6 Å². The van der Waals surface area contributed by atoms with Gasteiger partial charge in [0.1, 0.15) is 11.6 Å². The number of nitrogens with one attached hydrogen (secondary N) is 3. The number of aromatic hydroxyl groups is 1. The van der Waals surface area contributed by atoms with Crippen molar-refractivity contribution in [1.29, 1.82) is 0 Å². The number of H-pyrrole nitrogens is 1. The molecule has 124 valence electrons. The first-order valence-corrected chi connectivity index (χ1v) is 7.59. The zero-order valence-electron chi connectivity index (χ0n) is 13.2. The van der Waals surface area contributed by atoms with Gasteiger partial charge in [-0.15, -0.1) is 0 Å². The SMILES string of the molecule is Cc1c(O)cccc1CNC(=O)NCc1cc2cc(F)ccc2[nH]1. The highest BCUT2D eigenvalue weighted by Crippen LogP contribution is 2.19. The number of phenols is 1. The second-order valence-corrected chi connectivity index (χ2v) is 5.62. The number of halogens is 1. The minimum Gasteiger partial charge on any atom is -0.508 e. The predicted molar refractivity (Wildman–Crippen MR) is 90.2 cm³/mol. The zero-order valence-corrected chi connectivity index (χ0v) is 13.2. The molecule has 0 aliphatic rings. The summed E-state index contributed by atoms with van der Waals surface area (Å²) in [5.74, 6) is -0.0831. The molecule has 4 N–H and O–H groups in total. The molecule has 1 aromatic heterocycles. The number of hydrogen-bond donors (Lipinski definition) is 4. The second kappa shape index (κ2) is 6.62. The van der Waals surface area contributed by atoms with Crippen LogP contribution in [0, 0.1) is 12.7 Å². The molecule has 6 heteroatoms. The lowest BCUT2D eigenvalue weighted by Crippen LogP contribution is -2.34. The summed E-state index contributed by atoms with van der Waals surface area (Å²) in [6, 6.07) is 11.2. The normalized spacial score (nSPS) is 10.8. The number of amides is 2. The molecular formula is C18H18FN3O2. The monoisotopic (exact) mass is 327 g/mol. The van der Waals surface area contributed by atoms with Crippen molar-refractivity contribution in [2.45, 2.75) is 20.0 Å². The van der Waals surface area contributed by atoms with Gasteiger partial charge in [-0.05, 0) is 48.4 Å². The third-order valence-electron chi connectivity index (χ3n) is 3.93. The van der Waals surface area contributed by atoms with Gasteiger partial charge >= 0.3 is 6.03 Å². The maximum absolute atomic E-state index is 13.2. The van der Waals surface area contributed by atoms with Crippen LogP contribution < -0.4 is 10.6 Å². The molecule has 0 fully saturated rings.